The van der Waals surface area contributed by atoms with E-state index in [-0.39, 0.29) is 12.4 Å². The Balaban J connectivity index is 2.03. The minimum absolute atomic E-state index is 0.122. The number of carboxylic acids is 1. The minimum atomic E-state index is -1.15. The van der Waals surface area contributed by atoms with Crippen LogP contribution in [-0.4, -0.2) is 26.3 Å². The van der Waals surface area contributed by atoms with E-state index in [0.717, 1.165) is 0 Å². The van der Waals surface area contributed by atoms with Gasteiger partial charge in [-0.2, -0.15) is 0 Å². The van der Waals surface area contributed by atoms with Crippen LogP contribution in [0.1, 0.15) is 27.4 Å². The summed E-state index contributed by atoms with van der Waals surface area (Å²) in [7, 11) is 0. The third kappa shape index (κ3) is 2.51. The number of halogens is 2. The van der Waals surface area contributed by atoms with Crippen molar-refractivity contribution in [3.63, 3.8) is 0 Å². The van der Waals surface area contributed by atoms with Crippen molar-refractivity contribution in [2.75, 3.05) is 0 Å². The monoisotopic (exact) mass is 355 g/mol. The molecule has 25 heavy (non-hydrogen) atoms. The molecule has 0 bridgehead atoms. The number of nitrogens with zero attached hydrogens (tertiary/aromatic N) is 3. The molecule has 0 atom stereocenters. The van der Waals surface area contributed by atoms with E-state index in [9.17, 15) is 14.3 Å². The maximum atomic E-state index is 14.3. The summed E-state index contributed by atoms with van der Waals surface area (Å²) in [5, 5.41) is 9.87. The molecule has 3 aromatic rings. The molecule has 0 radical (unpaired) electrons. The van der Waals surface area contributed by atoms with Gasteiger partial charge in [-0.3, -0.25) is 9.56 Å². The summed E-state index contributed by atoms with van der Waals surface area (Å²) in [5.74, 6) is -1.68. The van der Waals surface area contributed by atoms with Gasteiger partial charge >= 0.3 is 5.97 Å². The average molecular weight is 356 g/mol. The molecule has 5 nitrogen and oxygen atoms in total. The zero-order valence-corrected chi connectivity index (χ0v) is 13.5. The molecule has 1 aliphatic rings. The van der Waals surface area contributed by atoms with Crippen LogP contribution in [0.15, 0.2) is 53.7 Å². The van der Waals surface area contributed by atoms with Gasteiger partial charge in [0.2, 0.25) is 5.82 Å². The summed E-state index contributed by atoms with van der Waals surface area (Å²) in [4.78, 5) is 20.0. The van der Waals surface area contributed by atoms with Crippen LogP contribution in [0.5, 0.6) is 0 Å². The number of carbonyl (C=O) groups is 1. The second kappa shape index (κ2) is 5.82. The fourth-order valence-electron chi connectivity index (χ4n) is 2.94. The highest BCUT2D eigenvalue weighted by Gasteiger charge is 2.25. The van der Waals surface area contributed by atoms with Gasteiger partial charge in [0, 0.05) is 16.1 Å². The molecule has 0 aliphatic carbocycles. The lowest BCUT2D eigenvalue weighted by atomic mass is 10.00. The summed E-state index contributed by atoms with van der Waals surface area (Å²) in [6.07, 6.45) is 1.47. The van der Waals surface area contributed by atoms with Crippen molar-refractivity contribution < 1.29 is 14.3 Å². The third-order valence-corrected chi connectivity index (χ3v) is 4.24. The molecule has 0 amide bonds. The number of aliphatic imine (C=N–C) groups is 1. The van der Waals surface area contributed by atoms with Crippen LogP contribution < -0.4 is 0 Å². The molecule has 4 rings (SSSR count). The predicted octanol–water partition coefficient (Wildman–Crippen LogP) is 3.71. The summed E-state index contributed by atoms with van der Waals surface area (Å²) in [6, 6.07) is 11.3. The van der Waals surface area contributed by atoms with E-state index in [1.807, 2.05) is 0 Å². The maximum absolute atomic E-state index is 14.3. The van der Waals surface area contributed by atoms with Crippen LogP contribution in [0.2, 0.25) is 5.02 Å². The molecule has 124 valence electrons. The number of hydrogen-bond donors (Lipinski definition) is 1. The third-order valence-electron chi connectivity index (χ3n) is 4.01. The van der Waals surface area contributed by atoms with Gasteiger partial charge in [0.15, 0.2) is 0 Å². The maximum Gasteiger partial charge on any atom is 0.372 e. The Hall–Kier alpha value is -2.99. The highest BCUT2D eigenvalue weighted by Crippen LogP contribution is 2.29. The lowest BCUT2D eigenvalue weighted by Crippen LogP contribution is -2.13. The summed E-state index contributed by atoms with van der Waals surface area (Å²) >= 11 is 6.14. The second-order valence-corrected chi connectivity index (χ2v) is 5.96. The molecule has 2 aromatic carbocycles. The number of aromatic nitrogens is 2. The van der Waals surface area contributed by atoms with E-state index in [4.69, 9.17) is 11.6 Å². The number of imidazole rings is 1. The van der Waals surface area contributed by atoms with Gasteiger partial charge in [0.25, 0.3) is 0 Å². The minimum Gasteiger partial charge on any atom is -0.475 e. The first-order valence-corrected chi connectivity index (χ1v) is 7.83. The van der Waals surface area contributed by atoms with Crippen LogP contribution >= 0.6 is 11.6 Å². The van der Waals surface area contributed by atoms with Crippen molar-refractivity contribution in [2.24, 2.45) is 4.99 Å². The van der Waals surface area contributed by atoms with E-state index >= 15 is 0 Å². The normalized spacial score (nSPS) is 12.8. The smallest absolute Gasteiger partial charge is 0.372 e. The van der Waals surface area contributed by atoms with Gasteiger partial charge in [-0.05, 0) is 30.3 Å². The van der Waals surface area contributed by atoms with E-state index in [2.05, 4.69) is 9.98 Å². The summed E-state index contributed by atoms with van der Waals surface area (Å²) in [6.45, 7) is 0.177. The molecule has 7 heteroatoms. The first-order chi connectivity index (χ1) is 12.1. The highest BCUT2D eigenvalue weighted by atomic mass is 35.5. The molecule has 0 unspecified atom stereocenters. The number of benzene rings is 2. The molecule has 1 aliphatic heterocycles. The molecule has 1 aromatic heterocycles. The lowest BCUT2D eigenvalue weighted by Gasteiger charge is -2.14. The molecule has 0 fully saturated rings. The van der Waals surface area contributed by atoms with E-state index in [1.54, 1.807) is 36.4 Å². The Bertz CT molecular complexity index is 1040. The SMILES string of the molecule is O=C(O)c1ncc2n1-c1ccc(Cl)cc1C(c1ccccc1F)=NC2. The number of fused-ring (bicyclic) bond motifs is 3. The Labute approximate surface area is 147 Å². The quantitative estimate of drug-likeness (QED) is 0.762. The molecule has 1 N–H and O–H groups in total. The second-order valence-electron chi connectivity index (χ2n) is 5.52. The fraction of sp³-hybridized carbons (Fsp3) is 0.0556. The first kappa shape index (κ1) is 15.5. The number of hydrogen-bond acceptors (Lipinski definition) is 3. The van der Waals surface area contributed by atoms with Crippen LogP contribution in [0.25, 0.3) is 5.69 Å². The van der Waals surface area contributed by atoms with Crippen molar-refractivity contribution >= 4 is 23.3 Å². The zero-order chi connectivity index (χ0) is 17.6. The topological polar surface area (TPSA) is 67.5 Å². The Morgan fingerprint density at radius 3 is 2.76 bits per heavy atom. The van der Waals surface area contributed by atoms with Gasteiger partial charge in [-0.25, -0.2) is 14.2 Å². The van der Waals surface area contributed by atoms with Crippen molar-refractivity contribution in [3.8, 4) is 5.69 Å². The molecule has 2 heterocycles. The molecular weight excluding hydrogens is 345 g/mol. The van der Waals surface area contributed by atoms with Gasteiger partial charge in [0.1, 0.15) is 5.82 Å². The number of carboxylic acid groups (broad SMARTS) is 1. The molecule has 0 spiro atoms. The van der Waals surface area contributed by atoms with E-state index in [1.165, 1.54) is 16.8 Å². The van der Waals surface area contributed by atoms with Crippen molar-refractivity contribution in [2.45, 2.75) is 6.54 Å². The first-order valence-electron chi connectivity index (χ1n) is 7.46. The lowest BCUT2D eigenvalue weighted by molar-refractivity contribution is 0.0681. The number of aromatic carboxylic acids is 1. The van der Waals surface area contributed by atoms with Crippen LogP contribution in [0, 0.1) is 5.82 Å². The van der Waals surface area contributed by atoms with Crippen molar-refractivity contribution in [3.05, 3.63) is 82.1 Å². The summed E-state index contributed by atoms with van der Waals surface area (Å²) < 4.78 is 15.9. The summed E-state index contributed by atoms with van der Waals surface area (Å²) in [5.41, 5.74) is 2.47. The van der Waals surface area contributed by atoms with Gasteiger partial charge in [-0.1, -0.05) is 23.7 Å². The standard InChI is InChI=1S/C18H11ClFN3O2/c19-10-5-6-15-13(7-10)16(12-3-1-2-4-14(12)20)21-8-11-9-22-17(18(24)25)23(11)15/h1-7,9H,8H2,(H,24,25). The van der Waals surface area contributed by atoms with Crippen molar-refractivity contribution in [1.82, 2.24) is 9.55 Å². The van der Waals surface area contributed by atoms with Gasteiger partial charge in [0.05, 0.1) is 29.8 Å². The van der Waals surface area contributed by atoms with Gasteiger partial charge in [-0.15, -0.1) is 0 Å². The Morgan fingerprint density at radius 2 is 2.00 bits per heavy atom. The van der Waals surface area contributed by atoms with E-state index in [0.29, 0.717) is 33.2 Å². The highest BCUT2D eigenvalue weighted by molar-refractivity contribution is 6.31. The van der Waals surface area contributed by atoms with Crippen LogP contribution in [0.3, 0.4) is 0 Å². The van der Waals surface area contributed by atoms with Crippen LogP contribution in [-0.2, 0) is 6.54 Å². The largest absolute Gasteiger partial charge is 0.475 e. The van der Waals surface area contributed by atoms with Gasteiger partial charge < -0.3 is 5.11 Å². The molecule has 0 saturated heterocycles. The zero-order valence-electron chi connectivity index (χ0n) is 12.8. The average Bonchev–Trinajstić information content (AvgIpc) is 2.94. The predicted molar refractivity (Wildman–Crippen MR) is 91.3 cm³/mol. The van der Waals surface area contributed by atoms with E-state index < -0.39 is 11.8 Å². The van der Waals surface area contributed by atoms with Crippen LogP contribution in [0.4, 0.5) is 4.39 Å². The Kier molecular flexibility index (Phi) is 3.62. The Morgan fingerprint density at radius 1 is 1.20 bits per heavy atom. The number of rotatable bonds is 2. The molecular formula is C18H11ClFN3O2. The molecule has 0 saturated carbocycles. The fourth-order valence-corrected chi connectivity index (χ4v) is 3.11. The van der Waals surface area contributed by atoms with Crippen molar-refractivity contribution in [1.29, 1.82) is 0 Å².